The molecule has 1 amide bonds. The average Bonchev–Trinajstić information content (AvgIpc) is 2.93. The maximum absolute atomic E-state index is 12.8. The van der Waals surface area contributed by atoms with E-state index in [1.54, 1.807) is 6.07 Å². The Kier molecular flexibility index (Phi) is 4.10. The van der Waals surface area contributed by atoms with Crippen molar-refractivity contribution in [3.05, 3.63) is 24.0 Å². The molecule has 2 heterocycles. The molecule has 2 fully saturated rings. The van der Waals surface area contributed by atoms with Gasteiger partial charge in [-0.15, -0.1) is 0 Å². The van der Waals surface area contributed by atoms with E-state index in [2.05, 4.69) is 4.98 Å². The summed E-state index contributed by atoms with van der Waals surface area (Å²) in [6, 6.07) is 1.66. The first-order chi connectivity index (χ1) is 10.2. The molecular weight excluding hydrogens is 268 g/mol. The van der Waals surface area contributed by atoms with Crippen molar-refractivity contribution in [2.45, 2.75) is 50.7 Å². The minimum atomic E-state index is -0.297. The first-order valence-electron chi connectivity index (χ1n) is 7.80. The van der Waals surface area contributed by atoms with E-state index in [0.29, 0.717) is 12.1 Å². The Morgan fingerprint density at radius 1 is 1.24 bits per heavy atom. The standard InChI is InChI=1S/C16H22N2O3/c19-14-6-3-4-11(14)13-5-1-2-9-18(13)16(21)12-7-8-17-10-15(12)20/h7-8,10-11,13-14,19-20H,1-6,9H2. The topological polar surface area (TPSA) is 73.7 Å². The van der Waals surface area contributed by atoms with Crippen molar-refractivity contribution in [1.29, 1.82) is 0 Å². The minimum Gasteiger partial charge on any atom is -0.505 e. The van der Waals surface area contributed by atoms with Crippen molar-refractivity contribution < 1.29 is 15.0 Å². The second-order valence-corrected chi connectivity index (χ2v) is 6.12. The van der Waals surface area contributed by atoms with Gasteiger partial charge in [0, 0.05) is 24.7 Å². The van der Waals surface area contributed by atoms with Gasteiger partial charge < -0.3 is 15.1 Å². The number of likely N-dealkylation sites (tertiary alicyclic amines) is 1. The van der Waals surface area contributed by atoms with E-state index < -0.39 is 0 Å². The predicted molar refractivity (Wildman–Crippen MR) is 77.9 cm³/mol. The number of rotatable bonds is 2. The molecule has 0 spiro atoms. The second-order valence-electron chi connectivity index (χ2n) is 6.12. The van der Waals surface area contributed by atoms with E-state index in [-0.39, 0.29) is 29.7 Å². The van der Waals surface area contributed by atoms with Gasteiger partial charge in [-0.1, -0.05) is 6.42 Å². The number of aromatic hydroxyl groups is 1. The van der Waals surface area contributed by atoms with Crippen LogP contribution in [-0.4, -0.2) is 44.7 Å². The fourth-order valence-corrected chi connectivity index (χ4v) is 3.79. The lowest BCUT2D eigenvalue weighted by Crippen LogP contribution is -2.49. The van der Waals surface area contributed by atoms with E-state index in [1.165, 1.54) is 12.4 Å². The van der Waals surface area contributed by atoms with E-state index >= 15 is 0 Å². The molecule has 1 aliphatic heterocycles. The summed E-state index contributed by atoms with van der Waals surface area (Å²) in [5, 5.41) is 20.0. The Morgan fingerprint density at radius 2 is 2.10 bits per heavy atom. The largest absolute Gasteiger partial charge is 0.505 e. The highest BCUT2D eigenvalue weighted by Gasteiger charge is 2.39. The number of aliphatic hydroxyl groups excluding tert-OH is 1. The normalized spacial score (nSPS) is 29.6. The van der Waals surface area contributed by atoms with Crippen LogP contribution in [0.15, 0.2) is 18.5 Å². The Balaban J connectivity index is 1.84. The van der Waals surface area contributed by atoms with Crippen LogP contribution in [0.25, 0.3) is 0 Å². The zero-order valence-electron chi connectivity index (χ0n) is 12.1. The predicted octanol–water partition coefficient (Wildman–Crippen LogP) is 1.94. The number of carbonyl (C=O) groups is 1. The van der Waals surface area contributed by atoms with Gasteiger partial charge in [-0.2, -0.15) is 0 Å². The van der Waals surface area contributed by atoms with Crippen molar-refractivity contribution in [1.82, 2.24) is 9.88 Å². The SMILES string of the molecule is O=C(c1ccncc1O)N1CCCCC1C1CCCC1O. The molecule has 2 N–H and O–H groups in total. The molecule has 2 aliphatic rings. The van der Waals surface area contributed by atoms with Crippen molar-refractivity contribution >= 4 is 5.91 Å². The first-order valence-corrected chi connectivity index (χ1v) is 7.80. The first kappa shape index (κ1) is 14.3. The number of pyridine rings is 1. The smallest absolute Gasteiger partial charge is 0.257 e. The van der Waals surface area contributed by atoms with Crippen LogP contribution < -0.4 is 0 Å². The van der Waals surface area contributed by atoms with Crippen LogP contribution in [0.1, 0.15) is 48.9 Å². The summed E-state index contributed by atoms with van der Waals surface area (Å²) in [5.41, 5.74) is 0.310. The summed E-state index contributed by atoms with van der Waals surface area (Å²) >= 11 is 0. The van der Waals surface area contributed by atoms with Gasteiger partial charge in [0.25, 0.3) is 5.91 Å². The quantitative estimate of drug-likeness (QED) is 0.873. The van der Waals surface area contributed by atoms with Gasteiger partial charge in [0.15, 0.2) is 0 Å². The molecule has 1 aliphatic carbocycles. The van der Waals surface area contributed by atoms with Crippen LogP contribution in [0.3, 0.4) is 0 Å². The highest BCUT2D eigenvalue weighted by molar-refractivity contribution is 5.96. The zero-order chi connectivity index (χ0) is 14.8. The third kappa shape index (κ3) is 2.75. The Bertz CT molecular complexity index is 520. The number of aromatic nitrogens is 1. The molecule has 1 aromatic heterocycles. The maximum atomic E-state index is 12.8. The van der Waals surface area contributed by atoms with Crippen LogP contribution in [0.5, 0.6) is 5.75 Å². The van der Waals surface area contributed by atoms with E-state index in [9.17, 15) is 15.0 Å². The summed E-state index contributed by atoms with van der Waals surface area (Å²) in [4.78, 5) is 18.4. The molecule has 3 unspecified atom stereocenters. The molecule has 0 aromatic carbocycles. The number of aliphatic hydroxyl groups is 1. The molecule has 114 valence electrons. The van der Waals surface area contributed by atoms with Crippen molar-refractivity contribution in [3.8, 4) is 5.75 Å². The lowest BCUT2D eigenvalue weighted by atomic mass is 9.87. The summed E-state index contributed by atoms with van der Waals surface area (Å²) in [6.07, 6.45) is 8.41. The molecule has 1 saturated carbocycles. The zero-order valence-corrected chi connectivity index (χ0v) is 12.1. The van der Waals surface area contributed by atoms with Crippen molar-refractivity contribution in [2.24, 2.45) is 5.92 Å². The van der Waals surface area contributed by atoms with Crippen LogP contribution in [0.4, 0.5) is 0 Å². The van der Waals surface area contributed by atoms with Crippen LogP contribution in [0, 0.1) is 5.92 Å². The van der Waals surface area contributed by atoms with Crippen molar-refractivity contribution in [3.63, 3.8) is 0 Å². The van der Waals surface area contributed by atoms with Gasteiger partial charge in [-0.05, 0) is 38.2 Å². The summed E-state index contributed by atoms with van der Waals surface area (Å²) in [6.45, 7) is 0.703. The number of carbonyl (C=O) groups excluding carboxylic acids is 1. The van der Waals surface area contributed by atoms with Crippen molar-refractivity contribution in [2.75, 3.05) is 6.54 Å². The summed E-state index contributed by atoms with van der Waals surface area (Å²) < 4.78 is 0. The Labute approximate surface area is 124 Å². The molecule has 5 heteroatoms. The molecule has 5 nitrogen and oxygen atoms in total. The third-order valence-electron chi connectivity index (χ3n) is 4.87. The number of nitrogens with zero attached hydrogens (tertiary/aromatic N) is 2. The average molecular weight is 290 g/mol. The molecule has 0 radical (unpaired) electrons. The van der Waals surface area contributed by atoms with Gasteiger partial charge in [0.05, 0.1) is 17.9 Å². The lowest BCUT2D eigenvalue weighted by molar-refractivity contribution is 0.0286. The second kappa shape index (κ2) is 6.02. The minimum absolute atomic E-state index is 0.0706. The van der Waals surface area contributed by atoms with E-state index in [4.69, 9.17) is 0 Å². The maximum Gasteiger partial charge on any atom is 0.257 e. The van der Waals surface area contributed by atoms with Crippen LogP contribution in [-0.2, 0) is 0 Å². The highest BCUT2D eigenvalue weighted by Crippen LogP contribution is 2.36. The molecule has 1 aromatic rings. The van der Waals surface area contributed by atoms with Gasteiger partial charge in [0.1, 0.15) is 5.75 Å². The third-order valence-corrected chi connectivity index (χ3v) is 4.87. The molecule has 1 saturated heterocycles. The van der Waals surface area contributed by atoms with Gasteiger partial charge in [-0.25, -0.2) is 0 Å². The summed E-state index contributed by atoms with van der Waals surface area (Å²) in [5.74, 6) is -0.0317. The monoisotopic (exact) mass is 290 g/mol. The molecular formula is C16H22N2O3. The molecule has 3 atom stereocenters. The number of piperidine rings is 1. The fraction of sp³-hybridized carbons (Fsp3) is 0.625. The van der Waals surface area contributed by atoms with Gasteiger partial charge in [0.2, 0.25) is 0 Å². The molecule has 3 rings (SSSR count). The Morgan fingerprint density at radius 3 is 2.81 bits per heavy atom. The van der Waals surface area contributed by atoms with Gasteiger partial charge in [-0.3, -0.25) is 9.78 Å². The number of amides is 1. The number of hydrogen-bond acceptors (Lipinski definition) is 4. The van der Waals surface area contributed by atoms with E-state index in [1.807, 2.05) is 4.90 Å². The molecule has 0 bridgehead atoms. The molecule has 21 heavy (non-hydrogen) atoms. The van der Waals surface area contributed by atoms with E-state index in [0.717, 1.165) is 38.5 Å². The summed E-state index contributed by atoms with van der Waals surface area (Å²) in [7, 11) is 0. The van der Waals surface area contributed by atoms with Gasteiger partial charge >= 0.3 is 0 Å². The van der Waals surface area contributed by atoms with Crippen LogP contribution in [0.2, 0.25) is 0 Å². The highest BCUT2D eigenvalue weighted by atomic mass is 16.3. The lowest BCUT2D eigenvalue weighted by Gasteiger charge is -2.40. The number of hydrogen-bond donors (Lipinski definition) is 2. The fourth-order valence-electron chi connectivity index (χ4n) is 3.79. The van der Waals surface area contributed by atoms with Crippen LogP contribution >= 0.6 is 0 Å². The Hall–Kier alpha value is -1.62.